The number of methoxy groups -OCH3 is 3. The average Bonchev–Trinajstić information content (AvgIpc) is 3.04. The van der Waals surface area contributed by atoms with E-state index < -0.39 is 11.7 Å². The molecule has 0 amide bonds. The van der Waals surface area contributed by atoms with Crippen LogP contribution in [0.5, 0.6) is 17.2 Å². The van der Waals surface area contributed by atoms with Crippen molar-refractivity contribution in [3.8, 4) is 17.2 Å². The Balaban J connectivity index is 1.63. The molecule has 2 aliphatic carbocycles. The van der Waals surface area contributed by atoms with Gasteiger partial charge in [0, 0.05) is 33.9 Å². The number of ketones is 1. The second-order valence-electron chi connectivity index (χ2n) is 10.2. The van der Waals surface area contributed by atoms with Gasteiger partial charge in [-0.3, -0.25) is 4.79 Å². The summed E-state index contributed by atoms with van der Waals surface area (Å²) in [5.41, 5.74) is 3.79. The van der Waals surface area contributed by atoms with Crippen LogP contribution in [0.15, 0.2) is 114 Å². The van der Waals surface area contributed by atoms with Crippen LogP contribution in [-0.2, 0) is 19.9 Å². The summed E-state index contributed by atoms with van der Waals surface area (Å²) in [5.74, 6) is 2.91. The van der Waals surface area contributed by atoms with E-state index in [4.69, 9.17) is 23.7 Å². The van der Waals surface area contributed by atoms with E-state index in [1.165, 1.54) is 0 Å². The van der Waals surface area contributed by atoms with Gasteiger partial charge in [0.2, 0.25) is 0 Å². The molecule has 0 radical (unpaired) electrons. The Morgan fingerprint density at radius 3 is 2.07 bits per heavy atom. The van der Waals surface area contributed by atoms with E-state index in [2.05, 4.69) is 0 Å². The number of allylic oxidation sites excluding steroid dienone is 3. The molecule has 0 bridgehead atoms. The van der Waals surface area contributed by atoms with Gasteiger partial charge in [0.1, 0.15) is 34.7 Å². The third-order valence-corrected chi connectivity index (χ3v) is 8.18. The Hall–Kier alpha value is -4.81. The fourth-order valence-electron chi connectivity index (χ4n) is 6.29. The molecule has 0 spiro atoms. The molecule has 7 rings (SSSR count). The third-order valence-electron chi connectivity index (χ3n) is 8.18. The van der Waals surface area contributed by atoms with Crippen molar-refractivity contribution in [2.45, 2.75) is 18.1 Å². The summed E-state index contributed by atoms with van der Waals surface area (Å²) in [5, 5.41) is 1.76. The smallest absolute Gasteiger partial charge is 0.167 e. The van der Waals surface area contributed by atoms with Crippen molar-refractivity contribution in [3.63, 3.8) is 0 Å². The molecule has 0 N–H and O–H groups in total. The fraction of sp³-hybridized carbons (Fsp3) is 0.171. The zero-order chi connectivity index (χ0) is 28.1. The normalized spacial score (nSPS) is 19.8. The predicted octanol–water partition coefficient (Wildman–Crippen LogP) is 4.62. The van der Waals surface area contributed by atoms with Crippen LogP contribution in [0.1, 0.15) is 17.5 Å². The number of carbonyl (C=O) groups excluding carboxylic acids is 1. The van der Waals surface area contributed by atoms with Crippen molar-refractivity contribution in [2.75, 3.05) is 21.3 Å². The fourth-order valence-corrected chi connectivity index (χ4v) is 6.29. The van der Waals surface area contributed by atoms with Crippen LogP contribution >= 0.6 is 0 Å². The lowest BCUT2D eigenvalue weighted by Crippen LogP contribution is -2.50. The number of carbonyl (C=O) groups is 1. The van der Waals surface area contributed by atoms with Crippen molar-refractivity contribution in [1.82, 2.24) is 0 Å². The quantitative estimate of drug-likeness (QED) is 0.467. The van der Waals surface area contributed by atoms with E-state index in [0.29, 0.717) is 23.5 Å². The first-order chi connectivity index (χ1) is 20.1. The van der Waals surface area contributed by atoms with Gasteiger partial charge in [0.15, 0.2) is 5.78 Å². The molecule has 2 aliphatic heterocycles. The van der Waals surface area contributed by atoms with Crippen LogP contribution in [0, 0.1) is 0 Å². The lowest BCUT2D eigenvalue weighted by molar-refractivity contribution is -0.115. The van der Waals surface area contributed by atoms with E-state index in [0.717, 1.165) is 49.8 Å². The Morgan fingerprint density at radius 2 is 1.44 bits per heavy atom. The summed E-state index contributed by atoms with van der Waals surface area (Å²) < 4.78 is 30.1. The van der Waals surface area contributed by atoms with E-state index in [-0.39, 0.29) is 5.78 Å². The summed E-state index contributed by atoms with van der Waals surface area (Å²) in [6.07, 6.45) is 9.22. The highest BCUT2D eigenvalue weighted by Gasteiger charge is 2.51. The van der Waals surface area contributed by atoms with E-state index in [1.54, 1.807) is 27.6 Å². The zero-order valence-corrected chi connectivity index (χ0v) is 23.0. The van der Waals surface area contributed by atoms with Crippen LogP contribution in [0.2, 0.25) is 0 Å². The highest BCUT2D eigenvalue weighted by atomic mass is 16.5. The molecular formula is C35H28O6. The third kappa shape index (κ3) is 3.71. The lowest BCUT2D eigenvalue weighted by atomic mass is 9.69. The molecule has 0 saturated heterocycles. The maximum atomic E-state index is 14.0. The summed E-state index contributed by atoms with van der Waals surface area (Å²) in [6, 6.07) is 21.5. The standard InChI is InChI=1S/C35H28O6/c1-37-23-13-9-21(10-14-23)35(22-11-15-24(38-2)16-12-22)29-7-4-8-30(36)32(29)31-28-20-25(39-3)17-18-26(28)33-27(34(31)41-35)6-5-19-40-33/h4-7,9-20,34H,8H2,1-3H3. The summed E-state index contributed by atoms with van der Waals surface area (Å²) in [4.78, 5) is 14.0. The van der Waals surface area contributed by atoms with E-state index in [1.807, 2.05) is 91.0 Å². The molecule has 3 aromatic rings. The van der Waals surface area contributed by atoms with Crippen molar-refractivity contribution in [1.29, 1.82) is 0 Å². The Morgan fingerprint density at radius 1 is 0.805 bits per heavy atom. The minimum Gasteiger partial charge on any atom is -0.497 e. The van der Waals surface area contributed by atoms with Crippen LogP contribution in [0.25, 0.3) is 11.3 Å². The minimum atomic E-state index is -1.11. The maximum absolute atomic E-state index is 14.0. The summed E-state index contributed by atoms with van der Waals surface area (Å²) in [6.45, 7) is 0. The number of hydrogen-bond acceptors (Lipinski definition) is 6. The monoisotopic (exact) mass is 544 g/mol. The van der Waals surface area contributed by atoms with Gasteiger partial charge in [-0.2, -0.15) is 0 Å². The number of hydrogen-bond donors (Lipinski definition) is 0. The van der Waals surface area contributed by atoms with Crippen molar-refractivity contribution in [3.05, 3.63) is 136 Å². The van der Waals surface area contributed by atoms with Gasteiger partial charge in [0.25, 0.3) is 0 Å². The number of rotatable bonds is 5. The average molecular weight is 545 g/mol. The molecule has 6 heteroatoms. The molecule has 41 heavy (non-hydrogen) atoms. The minimum absolute atomic E-state index is 0.0438. The Bertz CT molecular complexity index is 1770. The first-order valence-electron chi connectivity index (χ1n) is 13.5. The molecule has 3 aromatic carbocycles. The first kappa shape index (κ1) is 25.2. The zero-order valence-electron chi connectivity index (χ0n) is 23.0. The van der Waals surface area contributed by atoms with Gasteiger partial charge >= 0.3 is 0 Å². The number of benzene rings is 3. The number of Topliss-reactive ketones (excluding diaryl/α,β-unsaturated/α-hetero) is 1. The predicted molar refractivity (Wildman–Crippen MR) is 155 cm³/mol. The highest BCUT2D eigenvalue weighted by Crippen LogP contribution is 2.53. The van der Waals surface area contributed by atoms with Gasteiger partial charge in [-0.05, 0) is 71.0 Å². The van der Waals surface area contributed by atoms with Crippen molar-refractivity contribution >= 4 is 17.1 Å². The molecule has 0 saturated carbocycles. The molecule has 1 atom stereocenters. The van der Waals surface area contributed by atoms with Crippen molar-refractivity contribution < 1.29 is 28.5 Å². The second-order valence-corrected chi connectivity index (χ2v) is 10.2. The second kappa shape index (κ2) is 9.68. The van der Waals surface area contributed by atoms with Gasteiger partial charge in [-0.25, -0.2) is 0 Å². The molecule has 204 valence electrons. The molecule has 0 fully saturated rings. The van der Waals surface area contributed by atoms with E-state index >= 15 is 0 Å². The molecule has 1 unspecified atom stereocenters. The van der Waals surface area contributed by atoms with Gasteiger partial charge in [-0.15, -0.1) is 0 Å². The topological polar surface area (TPSA) is 63.2 Å². The largest absolute Gasteiger partial charge is 0.497 e. The van der Waals surface area contributed by atoms with Crippen molar-refractivity contribution in [2.24, 2.45) is 0 Å². The lowest BCUT2D eigenvalue weighted by Gasteiger charge is -2.47. The molecule has 0 aromatic heterocycles. The SMILES string of the molecule is COc1ccc(C2(c3ccc(OC)cc3)OC3C4=CC=COC4=c4ccc(OC)cc4=C3C3=C2C=CCC3=O)cc1. The first-order valence-corrected chi connectivity index (χ1v) is 13.5. The van der Waals surface area contributed by atoms with Crippen LogP contribution in [0.3, 0.4) is 0 Å². The number of ether oxygens (including phenoxy) is 5. The van der Waals surface area contributed by atoms with Crippen LogP contribution in [0.4, 0.5) is 0 Å². The van der Waals surface area contributed by atoms with Gasteiger partial charge in [-0.1, -0.05) is 36.4 Å². The highest BCUT2D eigenvalue weighted by molar-refractivity contribution is 6.12. The maximum Gasteiger partial charge on any atom is 0.167 e. The van der Waals surface area contributed by atoms with E-state index in [9.17, 15) is 4.79 Å². The van der Waals surface area contributed by atoms with Crippen LogP contribution in [-0.4, -0.2) is 33.2 Å². The molecule has 4 aliphatic rings. The molecule has 6 nitrogen and oxygen atoms in total. The van der Waals surface area contributed by atoms with Gasteiger partial charge < -0.3 is 23.7 Å². The van der Waals surface area contributed by atoms with Crippen LogP contribution < -0.4 is 24.6 Å². The molecule has 2 heterocycles. The number of fused-ring (bicyclic) bond motifs is 5. The Kier molecular flexibility index (Phi) is 5.94. The summed E-state index contributed by atoms with van der Waals surface area (Å²) >= 11 is 0. The summed E-state index contributed by atoms with van der Waals surface area (Å²) in [7, 11) is 4.92. The molecular weight excluding hydrogens is 516 g/mol. The van der Waals surface area contributed by atoms with Gasteiger partial charge in [0.05, 0.1) is 27.6 Å². The Labute approximate surface area is 237 Å².